The normalized spacial score (nSPS) is 17.0. The predicted octanol–water partition coefficient (Wildman–Crippen LogP) is -1.07. The van der Waals surface area contributed by atoms with Gasteiger partial charge in [0.15, 0.2) is 9.98 Å². The van der Waals surface area contributed by atoms with Gasteiger partial charge in [-0.1, -0.05) is 0 Å². The molecule has 0 atom stereocenters. The topological polar surface area (TPSA) is 45.3 Å². The number of carbonyl (C=O) groups excluding carboxylic acids is 1. The van der Waals surface area contributed by atoms with E-state index in [0.717, 1.165) is 0 Å². The molecule has 2 amide bonds. The highest BCUT2D eigenvalue weighted by Gasteiger charge is 2.28. The van der Waals surface area contributed by atoms with Crippen LogP contribution in [0.5, 0.6) is 0 Å². The van der Waals surface area contributed by atoms with Crippen LogP contribution in [0.4, 0.5) is 4.79 Å². The van der Waals surface area contributed by atoms with E-state index in [1.54, 1.807) is 0 Å². The van der Waals surface area contributed by atoms with Crippen LogP contribution in [-0.4, -0.2) is 18.5 Å². The van der Waals surface area contributed by atoms with E-state index < -0.39 is 6.03 Å². The summed E-state index contributed by atoms with van der Waals surface area (Å²) >= 11 is 0. The lowest BCUT2D eigenvalue weighted by Crippen LogP contribution is -1.99. The van der Waals surface area contributed by atoms with Gasteiger partial charge in [-0.25, -0.2) is 0 Å². The average molecular weight is 82.1 g/mol. The highest BCUT2D eigenvalue weighted by Crippen LogP contribution is 1.57. The molecule has 6 heavy (non-hydrogen) atoms. The van der Waals surface area contributed by atoms with Gasteiger partial charge < -0.3 is 0 Å². The number of hydrogen-bond acceptors (Lipinski definition) is 1. The second kappa shape index (κ2) is 1.01. The molecule has 28 valence electrons. The minimum atomic E-state index is -0.407. The van der Waals surface area contributed by atoms with Crippen molar-refractivity contribution in [2.45, 2.75) is 0 Å². The molecule has 3 heteroatoms. The number of hydrogen-bond donors (Lipinski definition) is 0. The predicted molar refractivity (Wildman–Crippen MR) is 21.8 cm³/mol. The van der Waals surface area contributed by atoms with Crippen LogP contribution in [0.15, 0.2) is 0 Å². The molecule has 0 aromatic heterocycles. The Balaban J connectivity index is 2.86. The molecule has 1 aliphatic heterocycles. The molecule has 1 rings (SSSR count). The van der Waals surface area contributed by atoms with E-state index in [-0.39, 0.29) is 0 Å². The number of urea groups is 1. The summed E-state index contributed by atoms with van der Waals surface area (Å²) in [5.74, 6) is 0. The van der Waals surface area contributed by atoms with Gasteiger partial charge >= 0.3 is 18.5 Å². The van der Waals surface area contributed by atoms with Gasteiger partial charge in [0.05, 0.1) is 0 Å². The van der Waals surface area contributed by atoms with Gasteiger partial charge in [0.2, 0.25) is 0 Å². The molecule has 0 aliphatic carbocycles. The molecular formula is C3H2N2O+2. The minimum Gasteiger partial charge on any atom is -0.141 e. The van der Waals surface area contributed by atoms with Gasteiger partial charge in [0.1, 0.15) is 0 Å². The quantitative estimate of drug-likeness (QED) is 0.367. The van der Waals surface area contributed by atoms with E-state index in [1.807, 2.05) is 0 Å². The van der Waals surface area contributed by atoms with Crippen molar-refractivity contribution in [3.05, 3.63) is 0 Å². The molecule has 0 saturated heterocycles. The molecule has 0 N–H and O–H groups in total. The highest BCUT2D eigenvalue weighted by atomic mass is 16.2. The van der Waals surface area contributed by atoms with Crippen molar-refractivity contribution in [2.75, 3.05) is 0 Å². The van der Waals surface area contributed by atoms with E-state index in [9.17, 15) is 4.79 Å². The molecule has 3 nitrogen and oxygen atoms in total. The van der Waals surface area contributed by atoms with Gasteiger partial charge in [0.25, 0.3) is 0 Å². The summed E-state index contributed by atoms with van der Waals surface area (Å²) in [6, 6.07) is -0.407. The third-order valence-corrected chi connectivity index (χ3v) is 0.437. The monoisotopic (exact) mass is 82.0 g/mol. The van der Waals surface area contributed by atoms with E-state index in [4.69, 9.17) is 0 Å². The number of amides is 2. The summed E-state index contributed by atoms with van der Waals surface area (Å²) < 4.78 is 0. The van der Waals surface area contributed by atoms with Crippen molar-refractivity contribution < 1.29 is 4.79 Å². The Labute approximate surface area is 34.4 Å². The summed E-state index contributed by atoms with van der Waals surface area (Å²) in [7, 11) is 0. The Morgan fingerprint density at radius 1 is 1.33 bits per heavy atom. The Bertz CT molecular complexity index is 111. The standard InChI is InChI=1S/C3H2N2O/c6-3-4-1-2-5-3/h1-2H/q+2. The smallest absolute Gasteiger partial charge is 0.141 e. The number of carbonyl (C=O) groups is 1. The Kier molecular flexibility index (Phi) is 0.538. The molecule has 1 heterocycles. The first-order valence-electron chi connectivity index (χ1n) is 1.50. The zero-order valence-corrected chi connectivity index (χ0v) is 2.96. The average Bonchev–Trinajstić information content (AvgIpc) is 1.86. The van der Waals surface area contributed by atoms with Crippen LogP contribution >= 0.6 is 0 Å². The molecule has 0 fully saturated rings. The lowest BCUT2D eigenvalue weighted by Gasteiger charge is -1.25. The maximum absolute atomic E-state index is 9.85. The molecule has 1 aliphatic rings. The Morgan fingerprint density at radius 2 is 1.83 bits per heavy atom. The van der Waals surface area contributed by atoms with Crippen LogP contribution in [0, 0.1) is 0 Å². The van der Waals surface area contributed by atoms with Crippen LogP contribution in [0.25, 0.3) is 0 Å². The van der Waals surface area contributed by atoms with E-state index in [2.05, 4.69) is 9.98 Å². The summed E-state index contributed by atoms with van der Waals surface area (Å²) in [5.41, 5.74) is 0. The second-order valence-corrected chi connectivity index (χ2v) is 0.839. The van der Waals surface area contributed by atoms with Crippen LogP contribution in [0.1, 0.15) is 0 Å². The fourth-order valence-electron chi connectivity index (χ4n) is 0.228. The van der Waals surface area contributed by atoms with Crippen molar-refractivity contribution in [3.8, 4) is 0 Å². The Morgan fingerprint density at radius 3 is 2.00 bits per heavy atom. The Hall–Kier alpha value is -0.990. The van der Waals surface area contributed by atoms with Gasteiger partial charge in [-0.3, -0.25) is 0 Å². The van der Waals surface area contributed by atoms with E-state index in [0.29, 0.717) is 0 Å². The molecule has 0 bridgehead atoms. The van der Waals surface area contributed by atoms with Gasteiger partial charge in [-0.15, -0.1) is 4.79 Å². The van der Waals surface area contributed by atoms with E-state index >= 15 is 0 Å². The maximum Gasteiger partial charge on any atom is 0.803 e. The summed E-state index contributed by atoms with van der Waals surface area (Å²) in [4.78, 5) is 16.3. The molecule has 0 aromatic carbocycles. The van der Waals surface area contributed by atoms with E-state index in [1.165, 1.54) is 12.4 Å². The zero-order chi connectivity index (χ0) is 4.41. The highest BCUT2D eigenvalue weighted by molar-refractivity contribution is 6.22. The SMILES string of the molecule is O=C1[N+]=CC=[N+]1. The van der Waals surface area contributed by atoms with Crippen molar-refractivity contribution in [1.29, 1.82) is 0 Å². The molecule has 2 radical (unpaired) electrons. The third kappa shape index (κ3) is 0.337. The van der Waals surface area contributed by atoms with Gasteiger partial charge in [-0.05, 0) is 0 Å². The summed E-state index contributed by atoms with van der Waals surface area (Å²) in [6.07, 6.45) is 2.73. The largest absolute Gasteiger partial charge is 0.803 e. The first-order chi connectivity index (χ1) is 2.89. The van der Waals surface area contributed by atoms with Crippen LogP contribution < -0.4 is 9.98 Å². The fraction of sp³-hybridized carbons (Fsp3) is 0. The summed E-state index contributed by atoms with van der Waals surface area (Å²) in [5, 5.41) is 0. The molecule has 0 unspecified atom stereocenters. The molecule has 0 spiro atoms. The zero-order valence-electron chi connectivity index (χ0n) is 2.96. The molecule has 0 aromatic rings. The fourth-order valence-corrected chi connectivity index (χ4v) is 0.228. The minimum absolute atomic E-state index is 0.407. The second-order valence-electron chi connectivity index (χ2n) is 0.839. The van der Waals surface area contributed by atoms with Crippen molar-refractivity contribution in [1.82, 2.24) is 9.98 Å². The van der Waals surface area contributed by atoms with Gasteiger partial charge in [-0.2, -0.15) is 0 Å². The van der Waals surface area contributed by atoms with Crippen LogP contribution in [-0.2, 0) is 0 Å². The third-order valence-electron chi connectivity index (χ3n) is 0.437. The lowest BCUT2D eigenvalue weighted by atomic mass is 10.9. The van der Waals surface area contributed by atoms with Gasteiger partial charge in [0, 0.05) is 0 Å². The molecular weight excluding hydrogens is 80.0 g/mol. The number of rotatable bonds is 0. The number of aliphatic imine (C=N–C) groups is 2. The lowest BCUT2D eigenvalue weighted by molar-refractivity contribution is 0.252. The van der Waals surface area contributed by atoms with Crippen LogP contribution in [0.2, 0.25) is 0 Å². The van der Waals surface area contributed by atoms with Crippen molar-refractivity contribution in [2.24, 2.45) is 0 Å². The van der Waals surface area contributed by atoms with Crippen LogP contribution in [0.3, 0.4) is 0 Å². The first kappa shape index (κ1) is 3.21. The summed E-state index contributed by atoms with van der Waals surface area (Å²) in [6.45, 7) is 0. The van der Waals surface area contributed by atoms with Crippen molar-refractivity contribution >= 4 is 18.5 Å². The first-order valence-corrected chi connectivity index (χ1v) is 1.50. The van der Waals surface area contributed by atoms with Crippen molar-refractivity contribution in [3.63, 3.8) is 0 Å². The maximum atomic E-state index is 9.85. The molecule has 0 saturated carbocycles. The number of nitrogens with zero attached hydrogens (tertiary/aromatic N) is 2.